The van der Waals surface area contributed by atoms with E-state index in [0.29, 0.717) is 38.6 Å². The van der Waals surface area contributed by atoms with Gasteiger partial charge in [-0.2, -0.15) is 0 Å². The van der Waals surface area contributed by atoms with Crippen LogP contribution in [0.1, 0.15) is 18.1 Å². The van der Waals surface area contributed by atoms with Crippen LogP contribution in [0.25, 0.3) is 6.08 Å². The molecule has 1 saturated heterocycles. The van der Waals surface area contributed by atoms with Gasteiger partial charge < -0.3 is 20.1 Å². The lowest BCUT2D eigenvalue weighted by molar-refractivity contribution is -0.116. The van der Waals surface area contributed by atoms with Crippen LogP contribution in [0.4, 0.5) is 5.69 Å². The van der Waals surface area contributed by atoms with Crippen LogP contribution in [0.2, 0.25) is 10.0 Å². The van der Waals surface area contributed by atoms with E-state index in [0.717, 1.165) is 11.3 Å². The summed E-state index contributed by atoms with van der Waals surface area (Å²) in [5, 5.41) is 7.17. The monoisotopic (exact) mass is 462 g/mol. The fourth-order valence-electron chi connectivity index (χ4n) is 2.80. The van der Waals surface area contributed by atoms with Crippen molar-refractivity contribution in [2.24, 2.45) is 0 Å². The van der Waals surface area contributed by atoms with Crippen LogP contribution in [0, 0.1) is 19.3 Å². The molecule has 0 spiro atoms. The third kappa shape index (κ3) is 5.37. The van der Waals surface area contributed by atoms with Gasteiger partial charge in [-0.25, -0.2) is 0 Å². The quantitative estimate of drug-likeness (QED) is 0.431. The van der Waals surface area contributed by atoms with E-state index in [1.165, 1.54) is 11.8 Å². The topological polar surface area (TPSA) is 59.6 Å². The highest BCUT2D eigenvalue weighted by Gasteiger charge is 2.27. The highest BCUT2D eigenvalue weighted by molar-refractivity contribution is 8.05. The standard InChI is InChI=1S/C22H20Cl2N2O3S/c1-4-8-29-20-16(24)9-14(10-18(20)28-5-2)11-19-21(27)26-22(30-19)25-17-12-15(23)7-6-13(17)3/h1,6-7,9-12,22,25H,5,8H2,2-3H3,(H,26,27)/b19-11-. The number of rotatable bonds is 7. The van der Waals surface area contributed by atoms with Crippen LogP contribution in [-0.4, -0.2) is 24.6 Å². The SMILES string of the molecule is C#CCOc1c(Cl)cc(/C=C2\SC(Nc3cc(Cl)ccc3C)NC2=O)cc1OCC. The van der Waals surface area contributed by atoms with Gasteiger partial charge >= 0.3 is 0 Å². The average molecular weight is 463 g/mol. The molecule has 1 atom stereocenters. The molecule has 0 aromatic heterocycles. The van der Waals surface area contributed by atoms with Gasteiger partial charge in [0.25, 0.3) is 5.91 Å². The number of amides is 1. The molecule has 1 aliphatic heterocycles. The number of carbonyl (C=O) groups excluding carboxylic acids is 1. The van der Waals surface area contributed by atoms with Crippen molar-refractivity contribution in [1.29, 1.82) is 0 Å². The molecule has 0 saturated carbocycles. The zero-order chi connectivity index (χ0) is 21.7. The predicted octanol–water partition coefficient (Wildman–Crippen LogP) is 5.31. The Hall–Kier alpha value is -2.46. The van der Waals surface area contributed by atoms with Gasteiger partial charge in [0, 0.05) is 10.7 Å². The lowest BCUT2D eigenvalue weighted by Gasteiger charge is -2.15. The van der Waals surface area contributed by atoms with E-state index in [4.69, 9.17) is 39.1 Å². The third-order valence-electron chi connectivity index (χ3n) is 4.15. The van der Waals surface area contributed by atoms with Crippen LogP contribution >= 0.6 is 35.0 Å². The molecule has 0 radical (unpaired) electrons. The Balaban J connectivity index is 1.81. The summed E-state index contributed by atoms with van der Waals surface area (Å²) < 4.78 is 11.1. The summed E-state index contributed by atoms with van der Waals surface area (Å²) in [5.41, 5.74) is 2.29. The second-order valence-corrected chi connectivity index (χ2v) is 8.33. The fourth-order valence-corrected chi connectivity index (χ4v) is 4.22. The molecule has 1 heterocycles. The normalized spacial score (nSPS) is 16.8. The van der Waals surface area contributed by atoms with Crippen molar-refractivity contribution in [3.63, 3.8) is 0 Å². The first-order valence-electron chi connectivity index (χ1n) is 9.15. The summed E-state index contributed by atoms with van der Waals surface area (Å²) >= 11 is 13.8. The molecule has 156 valence electrons. The summed E-state index contributed by atoms with van der Waals surface area (Å²) in [7, 11) is 0. The Bertz CT molecular complexity index is 1030. The minimum Gasteiger partial charge on any atom is -0.490 e. The molecule has 1 amide bonds. The minimum atomic E-state index is -0.319. The van der Waals surface area contributed by atoms with E-state index < -0.39 is 0 Å². The number of thioether (sulfide) groups is 1. The molecule has 1 aliphatic rings. The summed E-state index contributed by atoms with van der Waals surface area (Å²) in [5.74, 6) is 3.08. The van der Waals surface area contributed by atoms with Crippen molar-refractivity contribution in [3.8, 4) is 23.8 Å². The smallest absolute Gasteiger partial charge is 0.260 e. The number of carbonyl (C=O) groups is 1. The molecule has 2 aromatic rings. The lowest BCUT2D eigenvalue weighted by Crippen LogP contribution is -2.31. The number of hydrogen-bond acceptors (Lipinski definition) is 5. The van der Waals surface area contributed by atoms with Crippen LogP contribution in [0.5, 0.6) is 11.5 Å². The number of terminal acetylenes is 1. The van der Waals surface area contributed by atoms with Crippen molar-refractivity contribution in [3.05, 3.63) is 56.4 Å². The van der Waals surface area contributed by atoms with Crippen molar-refractivity contribution >= 4 is 52.6 Å². The summed E-state index contributed by atoms with van der Waals surface area (Å²) in [6.45, 7) is 4.34. The number of aryl methyl sites for hydroxylation is 1. The first-order valence-corrected chi connectivity index (χ1v) is 10.8. The molecular weight excluding hydrogens is 443 g/mol. The van der Waals surface area contributed by atoms with Gasteiger partial charge in [-0.3, -0.25) is 4.79 Å². The van der Waals surface area contributed by atoms with Gasteiger partial charge in [0.15, 0.2) is 17.0 Å². The van der Waals surface area contributed by atoms with E-state index in [-0.39, 0.29) is 18.0 Å². The summed E-state index contributed by atoms with van der Waals surface area (Å²) in [6, 6.07) is 9.05. The molecule has 2 N–H and O–H groups in total. The Morgan fingerprint density at radius 3 is 2.83 bits per heavy atom. The Morgan fingerprint density at radius 1 is 1.30 bits per heavy atom. The van der Waals surface area contributed by atoms with Gasteiger partial charge in [-0.1, -0.05) is 47.0 Å². The van der Waals surface area contributed by atoms with Gasteiger partial charge in [0.05, 0.1) is 16.5 Å². The van der Waals surface area contributed by atoms with E-state index in [2.05, 4.69) is 16.6 Å². The maximum atomic E-state index is 12.5. The molecule has 30 heavy (non-hydrogen) atoms. The molecule has 1 fully saturated rings. The van der Waals surface area contributed by atoms with Gasteiger partial charge in [-0.05, 0) is 55.3 Å². The first kappa shape index (κ1) is 22.2. The average Bonchev–Trinajstić information content (AvgIpc) is 3.03. The molecule has 5 nitrogen and oxygen atoms in total. The minimum absolute atomic E-state index is 0.0781. The number of nitrogens with one attached hydrogen (secondary N) is 2. The molecule has 0 bridgehead atoms. The second kappa shape index (κ2) is 10.0. The number of benzene rings is 2. The molecular formula is C22H20Cl2N2O3S. The Kier molecular flexibility index (Phi) is 7.43. The maximum absolute atomic E-state index is 12.5. The Labute approximate surface area is 190 Å². The number of anilines is 1. The lowest BCUT2D eigenvalue weighted by atomic mass is 10.2. The van der Waals surface area contributed by atoms with Crippen molar-refractivity contribution in [2.45, 2.75) is 19.3 Å². The zero-order valence-corrected chi connectivity index (χ0v) is 18.8. The molecule has 1 unspecified atom stereocenters. The molecule has 3 rings (SSSR count). The van der Waals surface area contributed by atoms with Crippen LogP contribution in [0.15, 0.2) is 35.2 Å². The number of halogens is 2. The van der Waals surface area contributed by atoms with E-state index >= 15 is 0 Å². The Morgan fingerprint density at radius 2 is 2.10 bits per heavy atom. The van der Waals surface area contributed by atoms with Gasteiger partial charge in [-0.15, -0.1) is 6.42 Å². The third-order valence-corrected chi connectivity index (χ3v) is 5.69. The van der Waals surface area contributed by atoms with Crippen molar-refractivity contribution in [2.75, 3.05) is 18.5 Å². The first-order chi connectivity index (χ1) is 14.4. The van der Waals surface area contributed by atoms with Gasteiger partial charge in [0.2, 0.25) is 0 Å². The second-order valence-electron chi connectivity index (χ2n) is 6.34. The molecule has 8 heteroatoms. The van der Waals surface area contributed by atoms with E-state index in [9.17, 15) is 4.79 Å². The van der Waals surface area contributed by atoms with Crippen LogP contribution in [-0.2, 0) is 4.79 Å². The molecule has 2 aromatic carbocycles. The fraction of sp³-hybridized carbons (Fsp3) is 0.227. The predicted molar refractivity (Wildman–Crippen MR) is 124 cm³/mol. The maximum Gasteiger partial charge on any atom is 0.260 e. The highest BCUT2D eigenvalue weighted by atomic mass is 35.5. The number of hydrogen-bond donors (Lipinski definition) is 2. The van der Waals surface area contributed by atoms with Crippen LogP contribution < -0.4 is 20.1 Å². The highest BCUT2D eigenvalue weighted by Crippen LogP contribution is 2.39. The number of ether oxygens (including phenoxy) is 2. The van der Waals surface area contributed by atoms with E-state index in [1.807, 2.05) is 32.0 Å². The van der Waals surface area contributed by atoms with E-state index in [1.54, 1.807) is 18.2 Å². The largest absolute Gasteiger partial charge is 0.490 e. The van der Waals surface area contributed by atoms with Crippen molar-refractivity contribution < 1.29 is 14.3 Å². The summed E-state index contributed by atoms with van der Waals surface area (Å²) in [4.78, 5) is 13.0. The zero-order valence-electron chi connectivity index (χ0n) is 16.4. The van der Waals surface area contributed by atoms with Gasteiger partial charge in [0.1, 0.15) is 6.61 Å². The summed E-state index contributed by atoms with van der Waals surface area (Å²) in [6.07, 6.45) is 7.02. The van der Waals surface area contributed by atoms with Crippen LogP contribution in [0.3, 0.4) is 0 Å². The van der Waals surface area contributed by atoms with Crippen molar-refractivity contribution in [1.82, 2.24) is 5.32 Å². The molecule has 0 aliphatic carbocycles.